The first-order valence-corrected chi connectivity index (χ1v) is 6.15. The summed E-state index contributed by atoms with van der Waals surface area (Å²) in [5.74, 6) is 1.62. The summed E-state index contributed by atoms with van der Waals surface area (Å²) < 4.78 is 10.5. The van der Waals surface area contributed by atoms with Crippen LogP contribution >= 0.6 is 0 Å². The third-order valence-electron chi connectivity index (χ3n) is 2.87. The lowest BCUT2D eigenvalue weighted by molar-refractivity contribution is 0.389. The van der Waals surface area contributed by atoms with Crippen LogP contribution in [0.25, 0.3) is 0 Å². The van der Waals surface area contributed by atoms with E-state index < -0.39 is 0 Å². The second-order valence-corrected chi connectivity index (χ2v) is 4.32. The summed E-state index contributed by atoms with van der Waals surface area (Å²) in [5.41, 5.74) is 3.17. The summed E-state index contributed by atoms with van der Waals surface area (Å²) in [6.45, 7) is 3.43. The molecule has 0 radical (unpaired) electrons. The number of H-pyrrole nitrogens is 1. The van der Waals surface area contributed by atoms with Gasteiger partial charge < -0.3 is 14.8 Å². The van der Waals surface area contributed by atoms with Gasteiger partial charge in [-0.25, -0.2) is 0 Å². The molecule has 1 aromatic heterocycles. The quantitative estimate of drug-likeness (QED) is 0.835. The van der Waals surface area contributed by atoms with E-state index in [-0.39, 0.29) is 0 Å². The Morgan fingerprint density at radius 2 is 2.00 bits per heavy atom. The van der Waals surface area contributed by atoms with Crippen molar-refractivity contribution in [3.05, 3.63) is 41.2 Å². The van der Waals surface area contributed by atoms with Crippen molar-refractivity contribution in [1.82, 2.24) is 15.5 Å². The van der Waals surface area contributed by atoms with Crippen LogP contribution in [0.3, 0.4) is 0 Å². The highest BCUT2D eigenvalue weighted by molar-refractivity contribution is 5.40. The Morgan fingerprint density at radius 1 is 1.16 bits per heavy atom. The molecule has 0 saturated carbocycles. The number of hydrogen-bond donors (Lipinski definition) is 2. The first-order valence-electron chi connectivity index (χ1n) is 6.15. The van der Waals surface area contributed by atoms with E-state index in [1.807, 2.05) is 31.2 Å². The molecule has 0 spiro atoms. The Bertz CT molecular complexity index is 537. The average molecular weight is 261 g/mol. The highest BCUT2D eigenvalue weighted by atomic mass is 16.5. The second kappa shape index (κ2) is 6.24. The molecule has 1 heterocycles. The van der Waals surface area contributed by atoms with Gasteiger partial charge in [-0.2, -0.15) is 5.10 Å². The maximum Gasteiger partial charge on any atom is 0.127 e. The van der Waals surface area contributed by atoms with Crippen LogP contribution in [0.2, 0.25) is 0 Å². The minimum Gasteiger partial charge on any atom is -0.497 e. The van der Waals surface area contributed by atoms with Gasteiger partial charge in [0.2, 0.25) is 0 Å². The minimum absolute atomic E-state index is 0.721. The van der Waals surface area contributed by atoms with E-state index in [0.717, 1.165) is 41.5 Å². The van der Waals surface area contributed by atoms with Crippen LogP contribution in [0.1, 0.15) is 17.0 Å². The van der Waals surface area contributed by atoms with Crippen LogP contribution in [0.4, 0.5) is 0 Å². The second-order valence-electron chi connectivity index (χ2n) is 4.32. The van der Waals surface area contributed by atoms with E-state index in [1.54, 1.807) is 14.2 Å². The summed E-state index contributed by atoms with van der Waals surface area (Å²) in [7, 11) is 3.31. The Morgan fingerprint density at radius 3 is 2.63 bits per heavy atom. The number of nitrogens with zero attached hydrogens (tertiary/aromatic N) is 1. The standard InChI is InChI=1S/C14H19N3O2/c1-10-6-12(17-16-10)9-15-8-11-4-5-13(18-2)7-14(11)19-3/h4-7,15H,8-9H2,1-3H3,(H,16,17). The minimum atomic E-state index is 0.721. The van der Waals surface area contributed by atoms with Crippen molar-refractivity contribution in [1.29, 1.82) is 0 Å². The molecule has 0 unspecified atom stereocenters. The van der Waals surface area contributed by atoms with Crippen molar-refractivity contribution in [2.24, 2.45) is 0 Å². The van der Waals surface area contributed by atoms with Gasteiger partial charge in [-0.05, 0) is 19.1 Å². The summed E-state index contributed by atoms with van der Waals surface area (Å²) in [6, 6.07) is 7.84. The lowest BCUT2D eigenvalue weighted by Crippen LogP contribution is -2.13. The fourth-order valence-corrected chi connectivity index (χ4v) is 1.89. The summed E-state index contributed by atoms with van der Waals surface area (Å²) in [6.07, 6.45) is 0. The average Bonchev–Trinajstić information content (AvgIpc) is 2.84. The molecule has 0 amide bonds. The van der Waals surface area contributed by atoms with Gasteiger partial charge in [0.25, 0.3) is 0 Å². The molecule has 102 valence electrons. The molecule has 2 rings (SSSR count). The van der Waals surface area contributed by atoms with Crippen molar-refractivity contribution in [3.8, 4) is 11.5 Å². The third-order valence-corrected chi connectivity index (χ3v) is 2.87. The predicted molar refractivity (Wildman–Crippen MR) is 73.4 cm³/mol. The fourth-order valence-electron chi connectivity index (χ4n) is 1.89. The number of aromatic nitrogens is 2. The molecular weight excluding hydrogens is 242 g/mol. The number of aryl methyl sites for hydroxylation is 1. The SMILES string of the molecule is COc1ccc(CNCc2cc(C)[nH]n2)c(OC)c1. The number of nitrogens with one attached hydrogen (secondary N) is 2. The third kappa shape index (κ3) is 3.48. The van der Waals surface area contributed by atoms with Crippen molar-refractivity contribution in [2.75, 3.05) is 14.2 Å². The van der Waals surface area contributed by atoms with Gasteiger partial charge >= 0.3 is 0 Å². The first-order chi connectivity index (χ1) is 9.22. The molecule has 5 nitrogen and oxygen atoms in total. The van der Waals surface area contributed by atoms with Crippen molar-refractivity contribution >= 4 is 0 Å². The first kappa shape index (κ1) is 13.4. The Hall–Kier alpha value is -2.01. The van der Waals surface area contributed by atoms with E-state index in [2.05, 4.69) is 15.5 Å². The largest absolute Gasteiger partial charge is 0.497 e. The van der Waals surface area contributed by atoms with Crippen LogP contribution in [0, 0.1) is 6.92 Å². The molecule has 0 aliphatic heterocycles. The van der Waals surface area contributed by atoms with E-state index in [9.17, 15) is 0 Å². The van der Waals surface area contributed by atoms with E-state index in [0.29, 0.717) is 0 Å². The van der Waals surface area contributed by atoms with Gasteiger partial charge in [-0.1, -0.05) is 6.07 Å². The van der Waals surface area contributed by atoms with Gasteiger partial charge in [0.15, 0.2) is 0 Å². The normalized spacial score (nSPS) is 10.5. The maximum atomic E-state index is 5.35. The monoisotopic (exact) mass is 261 g/mol. The number of aromatic amines is 1. The van der Waals surface area contributed by atoms with E-state index in [1.165, 1.54) is 0 Å². The van der Waals surface area contributed by atoms with Gasteiger partial charge in [0, 0.05) is 30.4 Å². The maximum absolute atomic E-state index is 5.35. The highest BCUT2D eigenvalue weighted by Gasteiger charge is 2.05. The molecular formula is C14H19N3O2. The molecule has 1 aromatic carbocycles. The Balaban J connectivity index is 1.95. The van der Waals surface area contributed by atoms with Crippen LogP contribution in [0.15, 0.2) is 24.3 Å². The van der Waals surface area contributed by atoms with Crippen molar-refractivity contribution in [3.63, 3.8) is 0 Å². The zero-order valence-corrected chi connectivity index (χ0v) is 11.5. The van der Waals surface area contributed by atoms with Crippen LogP contribution in [-0.2, 0) is 13.1 Å². The van der Waals surface area contributed by atoms with E-state index >= 15 is 0 Å². The topological polar surface area (TPSA) is 59.2 Å². The molecule has 5 heteroatoms. The molecule has 0 fully saturated rings. The Kier molecular flexibility index (Phi) is 4.41. The van der Waals surface area contributed by atoms with E-state index in [4.69, 9.17) is 9.47 Å². The zero-order chi connectivity index (χ0) is 13.7. The summed E-state index contributed by atoms with van der Waals surface area (Å²) >= 11 is 0. The predicted octanol–water partition coefficient (Wildman–Crippen LogP) is 2.03. The summed E-state index contributed by atoms with van der Waals surface area (Å²) in [5, 5.41) is 10.4. The molecule has 0 atom stereocenters. The van der Waals surface area contributed by atoms with Gasteiger partial charge in [-0.15, -0.1) is 0 Å². The van der Waals surface area contributed by atoms with Gasteiger partial charge in [0.05, 0.1) is 19.9 Å². The van der Waals surface area contributed by atoms with Gasteiger partial charge in [-0.3, -0.25) is 5.10 Å². The fraction of sp³-hybridized carbons (Fsp3) is 0.357. The lowest BCUT2D eigenvalue weighted by Gasteiger charge is -2.10. The Labute approximate surface area is 112 Å². The molecule has 0 aliphatic carbocycles. The van der Waals surface area contributed by atoms with Crippen LogP contribution in [-0.4, -0.2) is 24.4 Å². The molecule has 2 aromatic rings. The number of methoxy groups -OCH3 is 2. The smallest absolute Gasteiger partial charge is 0.127 e. The van der Waals surface area contributed by atoms with Crippen molar-refractivity contribution in [2.45, 2.75) is 20.0 Å². The molecule has 0 saturated heterocycles. The number of hydrogen-bond acceptors (Lipinski definition) is 4. The molecule has 19 heavy (non-hydrogen) atoms. The summed E-state index contributed by atoms with van der Waals surface area (Å²) in [4.78, 5) is 0. The lowest BCUT2D eigenvalue weighted by atomic mass is 10.2. The van der Waals surface area contributed by atoms with Crippen LogP contribution < -0.4 is 14.8 Å². The number of benzene rings is 1. The molecule has 2 N–H and O–H groups in total. The van der Waals surface area contributed by atoms with Gasteiger partial charge in [0.1, 0.15) is 11.5 Å². The van der Waals surface area contributed by atoms with Crippen molar-refractivity contribution < 1.29 is 9.47 Å². The molecule has 0 aliphatic rings. The zero-order valence-electron chi connectivity index (χ0n) is 11.5. The molecule has 0 bridgehead atoms. The number of ether oxygens (including phenoxy) is 2. The van der Waals surface area contributed by atoms with Crippen LogP contribution in [0.5, 0.6) is 11.5 Å². The number of rotatable bonds is 6. The highest BCUT2D eigenvalue weighted by Crippen LogP contribution is 2.24.